The van der Waals surface area contributed by atoms with E-state index in [-0.39, 0.29) is 36.3 Å². The van der Waals surface area contributed by atoms with Gasteiger partial charge in [0.05, 0.1) is 41.7 Å². The molecule has 1 aliphatic rings. The molecule has 0 spiro atoms. The summed E-state index contributed by atoms with van der Waals surface area (Å²) in [4.78, 5) is 16.7. The number of anilines is 2. The highest BCUT2D eigenvalue weighted by Gasteiger charge is 2.38. The number of halogens is 6. The molecule has 0 fully saturated rings. The fourth-order valence-electron chi connectivity index (χ4n) is 4.13. The second-order valence-corrected chi connectivity index (χ2v) is 9.58. The molecule has 15 heteroatoms. The van der Waals surface area contributed by atoms with Gasteiger partial charge in [-0.3, -0.25) is 9.78 Å². The third kappa shape index (κ3) is 7.82. The predicted octanol–water partition coefficient (Wildman–Crippen LogP) is 5.47. The number of pyridine rings is 1. The molecule has 3 aromatic rings. The van der Waals surface area contributed by atoms with E-state index in [0.717, 1.165) is 5.69 Å². The van der Waals surface area contributed by atoms with E-state index in [1.165, 1.54) is 11.8 Å². The summed E-state index contributed by atoms with van der Waals surface area (Å²) in [5.41, 5.74) is -0.896. The Labute approximate surface area is 226 Å². The summed E-state index contributed by atoms with van der Waals surface area (Å²) in [7, 11) is 1.52. The molecule has 9 nitrogen and oxygen atoms in total. The largest absolute Gasteiger partial charge is 0.465 e. The Morgan fingerprint density at radius 2 is 1.75 bits per heavy atom. The van der Waals surface area contributed by atoms with Crippen LogP contribution in [-0.4, -0.2) is 43.8 Å². The van der Waals surface area contributed by atoms with Crippen molar-refractivity contribution in [1.82, 2.24) is 25.2 Å². The summed E-state index contributed by atoms with van der Waals surface area (Å²) < 4.78 is 84.8. The van der Waals surface area contributed by atoms with Crippen molar-refractivity contribution >= 4 is 18.1 Å². The molecule has 1 aromatic carbocycles. The summed E-state index contributed by atoms with van der Waals surface area (Å²) in [6, 6.07) is 4.64. The summed E-state index contributed by atoms with van der Waals surface area (Å²) in [5.74, 6) is 0.0711. The molecule has 0 radical (unpaired) electrons. The Morgan fingerprint density at radius 3 is 2.23 bits per heavy atom. The fourth-order valence-corrected chi connectivity index (χ4v) is 4.13. The molecule has 4 rings (SSSR count). The number of fused-ring (bicyclic) bond motifs is 1. The van der Waals surface area contributed by atoms with Gasteiger partial charge in [0.25, 0.3) is 12.4 Å². The predicted molar refractivity (Wildman–Crippen MR) is 133 cm³/mol. The Hall–Kier alpha value is -3.91. The van der Waals surface area contributed by atoms with Crippen molar-refractivity contribution in [3.05, 3.63) is 58.4 Å². The summed E-state index contributed by atoms with van der Waals surface area (Å²) in [5, 5.41) is 15.3. The highest BCUT2D eigenvalue weighted by Crippen LogP contribution is 2.40. The van der Waals surface area contributed by atoms with Crippen LogP contribution in [0.15, 0.2) is 30.3 Å². The molecule has 1 aliphatic heterocycles. The van der Waals surface area contributed by atoms with E-state index in [9.17, 15) is 31.1 Å². The third-order valence-corrected chi connectivity index (χ3v) is 5.82. The van der Waals surface area contributed by atoms with Crippen LogP contribution < -0.4 is 10.2 Å². The number of aromatic nitrogens is 5. The van der Waals surface area contributed by atoms with Gasteiger partial charge in [-0.2, -0.15) is 31.1 Å². The fraction of sp³-hybridized carbons (Fsp3) is 0.480. The third-order valence-electron chi connectivity index (χ3n) is 5.82. The van der Waals surface area contributed by atoms with Crippen molar-refractivity contribution in [3.8, 4) is 0 Å². The Kier molecular flexibility index (Phi) is 9.25. The molecule has 0 unspecified atom stereocenters. The van der Waals surface area contributed by atoms with Crippen LogP contribution in [0.25, 0.3) is 0 Å². The maximum atomic E-state index is 13.4. The van der Waals surface area contributed by atoms with Gasteiger partial charge < -0.3 is 15.0 Å². The van der Waals surface area contributed by atoms with Crippen LogP contribution in [0, 0.1) is 6.92 Å². The first-order chi connectivity index (χ1) is 18.6. The number of benzene rings is 1. The van der Waals surface area contributed by atoms with Gasteiger partial charge in [-0.15, -0.1) is 5.10 Å². The average Bonchev–Trinajstić information content (AvgIpc) is 3.27. The maximum Gasteiger partial charge on any atom is 0.416 e. The lowest BCUT2D eigenvalue weighted by Gasteiger charge is -2.37. The van der Waals surface area contributed by atoms with Gasteiger partial charge in [0.2, 0.25) is 0 Å². The van der Waals surface area contributed by atoms with E-state index < -0.39 is 29.5 Å². The zero-order valence-electron chi connectivity index (χ0n) is 22.4. The molecule has 0 bridgehead atoms. The molecule has 2 atom stereocenters. The minimum atomic E-state index is -4.94. The van der Waals surface area contributed by atoms with Crippen molar-refractivity contribution in [2.45, 2.75) is 71.2 Å². The van der Waals surface area contributed by atoms with Crippen molar-refractivity contribution in [2.24, 2.45) is 7.05 Å². The first-order valence-corrected chi connectivity index (χ1v) is 12.2. The lowest BCUT2D eigenvalue weighted by atomic mass is 9.95. The Bertz CT molecular complexity index is 1280. The van der Waals surface area contributed by atoms with E-state index in [1.54, 1.807) is 25.7 Å². The molecular formula is C25H29F6N7O2. The van der Waals surface area contributed by atoms with E-state index in [4.69, 9.17) is 0 Å². The normalized spacial score (nSPS) is 16.9. The number of alkyl halides is 6. The van der Waals surface area contributed by atoms with E-state index >= 15 is 0 Å². The number of aryl methyl sites for hydroxylation is 2. The zero-order chi connectivity index (χ0) is 29.8. The van der Waals surface area contributed by atoms with E-state index in [0.29, 0.717) is 36.4 Å². The van der Waals surface area contributed by atoms with Crippen LogP contribution >= 0.6 is 0 Å². The topological polar surface area (TPSA) is 98.1 Å². The maximum absolute atomic E-state index is 13.4. The van der Waals surface area contributed by atoms with Gasteiger partial charge >= 0.3 is 12.4 Å². The van der Waals surface area contributed by atoms with Gasteiger partial charge in [-0.05, 0) is 75.2 Å². The number of carbonyl (C=O) groups excluding carboxylic acids is 1. The van der Waals surface area contributed by atoms with Crippen LogP contribution in [0.3, 0.4) is 0 Å². The monoisotopic (exact) mass is 573 g/mol. The minimum absolute atomic E-state index is 0.0301. The molecule has 0 saturated carbocycles. The minimum Gasteiger partial charge on any atom is -0.465 e. The quantitative estimate of drug-likeness (QED) is 0.306. The first-order valence-electron chi connectivity index (χ1n) is 12.2. The molecule has 40 heavy (non-hydrogen) atoms. The number of nitrogens with one attached hydrogen (secondary N) is 1. The number of hydrogen-bond acceptors (Lipinski definition) is 8. The number of ether oxygens (including phenoxy) is 1. The second kappa shape index (κ2) is 12.1. The Morgan fingerprint density at radius 1 is 1.12 bits per heavy atom. The van der Waals surface area contributed by atoms with E-state index in [1.807, 2.05) is 19.1 Å². The van der Waals surface area contributed by atoms with Crippen LogP contribution in [0.2, 0.25) is 0 Å². The lowest BCUT2D eigenvalue weighted by Crippen LogP contribution is -2.38. The van der Waals surface area contributed by atoms with Crippen molar-refractivity contribution in [3.63, 3.8) is 0 Å². The van der Waals surface area contributed by atoms with Crippen LogP contribution in [-0.2, 0) is 35.5 Å². The standard InChI is InChI=1S/C21H21F6N7.C4H8O2/c1-11-4-5-16-18(29-11)17(6-12(2)28-16)34(19-30-32-33(3)31-19)10-13-7-14(20(22,23)24)9-15(8-13)21(25,26)27;1-4(2)6-3-5/h4-5,7-9,12,17,28H,6,10H2,1-3H3;3-4H,1-2H3/t12-,17+;/m1./s1. The lowest BCUT2D eigenvalue weighted by molar-refractivity contribution is -0.143. The SMILES string of the molecule is CC(C)OC=O.Cc1ccc2c(n1)[C@@H](N(Cc1cc(C(F)(F)F)cc(C(F)(F)F)c1)c1nnn(C)n1)C[C@@H](C)N2. The molecule has 1 N–H and O–H groups in total. The van der Waals surface area contributed by atoms with Crippen molar-refractivity contribution in [2.75, 3.05) is 10.2 Å². The summed E-state index contributed by atoms with van der Waals surface area (Å²) >= 11 is 0. The van der Waals surface area contributed by atoms with Gasteiger partial charge in [0.15, 0.2) is 0 Å². The van der Waals surface area contributed by atoms with Crippen molar-refractivity contribution < 1.29 is 35.9 Å². The van der Waals surface area contributed by atoms with Crippen LogP contribution in [0.4, 0.5) is 38.0 Å². The van der Waals surface area contributed by atoms with Gasteiger partial charge in [-0.25, -0.2) is 0 Å². The molecule has 0 saturated heterocycles. The highest BCUT2D eigenvalue weighted by atomic mass is 19.4. The van der Waals surface area contributed by atoms with Gasteiger partial charge in [0.1, 0.15) is 0 Å². The number of nitrogens with zero attached hydrogens (tertiary/aromatic N) is 6. The number of carbonyl (C=O) groups is 1. The molecule has 3 heterocycles. The number of hydrogen-bond donors (Lipinski definition) is 1. The average molecular weight is 574 g/mol. The zero-order valence-corrected chi connectivity index (χ0v) is 22.4. The molecule has 0 aliphatic carbocycles. The number of rotatable bonds is 6. The van der Waals surface area contributed by atoms with Crippen LogP contribution in [0.1, 0.15) is 61.3 Å². The van der Waals surface area contributed by atoms with Gasteiger partial charge in [0, 0.05) is 18.3 Å². The first kappa shape index (κ1) is 30.6. The van der Waals surface area contributed by atoms with Gasteiger partial charge in [-0.1, -0.05) is 5.10 Å². The Balaban J connectivity index is 0.000000663. The van der Waals surface area contributed by atoms with Crippen molar-refractivity contribution in [1.29, 1.82) is 0 Å². The molecule has 218 valence electrons. The van der Waals surface area contributed by atoms with Crippen LogP contribution in [0.5, 0.6) is 0 Å². The summed E-state index contributed by atoms with van der Waals surface area (Å²) in [6.07, 6.45) is -9.39. The second-order valence-electron chi connectivity index (χ2n) is 9.58. The smallest absolute Gasteiger partial charge is 0.416 e. The molecule has 2 aromatic heterocycles. The van der Waals surface area contributed by atoms with E-state index in [2.05, 4.69) is 30.4 Å². The number of tetrazole rings is 1. The highest BCUT2D eigenvalue weighted by molar-refractivity contribution is 5.55. The summed E-state index contributed by atoms with van der Waals surface area (Å²) in [6.45, 7) is 7.45. The molecular weight excluding hydrogens is 544 g/mol. The molecule has 0 amide bonds.